The highest BCUT2D eigenvalue weighted by Gasteiger charge is 2.17. The van der Waals surface area contributed by atoms with Crippen LogP contribution in [0.3, 0.4) is 0 Å². The Balaban J connectivity index is 1.60. The summed E-state index contributed by atoms with van der Waals surface area (Å²) in [4.78, 5) is 30.3. The molecule has 1 heterocycles. The molecule has 0 saturated heterocycles. The Morgan fingerprint density at radius 1 is 1.15 bits per heavy atom. The van der Waals surface area contributed by atoms with Crippen molar-refractivity contribution in [3.8, 4) is 0 Å². The predicted octanol–water partition coefficient (Wildman–Crippen LogP) is 3.22. The van der Waals surface area contributed by atoms with Gasteiger partial charge in [0.1, 0.15) is 0 Å². The average Bonchev–Trinajstić information content (AvgIpc) is 2.65. The second-order valence-electron chi connectivity index (χ2n) is 6.76. The van der Waals surface area contributed by atoms with E-state index in [1.54, 1.807) is 11.1 Å². The van der Waals surface area contributed by atoms with Crippen LogP contribution in [0, 0.1) is 0 Å². The van der Waals surface area contributed by atoms with E-state index in [0.717, 1.165) is 29.4 Å². The van der Waals surface area contributed by atoms with E-state index in [0.29, 0.717) is 13.1 Å². The molecule has 0 aliphatic heterocycles. The number of benzene rings is 1. The van der Waals surface area contributed by atoms with Crippen molar-refractivity contribution >= 4 is 28.5 Å². The first-order valence-electron chi connectivity index (χ1n) is 9.31. The molecule has 0 radical (unpaired) electrons. The van der Waals surface area contributed by atoms with Gasteiger partial charge in [-0.15, -0.1) is 0 Å². The van der Waals surface area contributed by atoms with Crippen molar-refractivity contribution in [2.75, 3.05) is 18.0 Å². The molecule has 1 aliphatic carbocycles. The third kappa shape index (κ3) is 4.50. The number of carbonyl (C=O) groups is 2. The quantitative estimate of drug-likeness (QED) is 0.866. The van der Waals surface area contributed by atoms with Gasteiger partial charge in [-0.25, -0.2) is 4.79 Å². The van der Waals surface area contributed by atoms with Crippen LogP contribution < -0.4 is 15.5 Å². The van der Waals surface area contributed by atoms with Crippen LogP contribution in [0.15, 0.2) is 36.5 Å². The van der Waals surface area contributed by atoms with Crippen molar-refractivity contribution in [1.82, 2.24) is 15.6 Å². The maximum atomic E-state index is 12.2. The van der Waals surface area contributed by atoms with E-state index in [4.69, 9.17) is 0 Å². The van der Waals surface area contributed by atoms with Crippen LogP contribution in [0.25, 0.3) is 10.9 Å². The molecule has 138 valence electrons. The summed E-state index contributed by atoms with van der Waals surface area (Å²) in [6.45, 7) is 2.33. The number of hydrogen-bond donors (Lipinski definition) is 2. The van der Waals surface area contributed by atoms with Crippen LogP contribution in [0.2, 0.25) is 0 Å². The van der Waals surface area contributed by atoms with Crippen molar-refractivity contribution in [3.05, 3.63) is 36.5 Å². The zero-order valence-corrected chi connectivity index (χ0v) is 15.2. The smallest absolute Gasteiger partial charge is 0.315 e. The van der Waals surface area contributed by atoms with Gasteiger partial charge in [0.25, 0.3) is 0 Å². The van der Waals surface area contributed by atoms with Crippen LogP contribution in [-0.4, -0.2) is 36.1 Å². The topological polar surface area (TPSA) is 74.3 Å². The molecule has 0 atom stereocenters. The fraction of sp³-hybridized carbons (Fsp3) is 0.450. The molecule has 3 amide bonds. The first kappa shape index (κ1) is 18.2. The van der Waals surface area contributed by atoms with Crippen LogP contribution in [-0.2, 0) is 4.79 Å². The molecule has 0 unspecified atom stereocenters. The van der Waals surface area contributed by atoms with Gasteiger partial charge in [-0.05, 0) is 25.0 Å². The average molecular weight is 354 g/mol. The molecule has 1 aromatic carbocycles. The lowest BCUT2D eigenvalue weighted by molar-refractivity contribution is -0.116. The second kappa shape index (κ2) is 8.65. The summed E-state index contributed by atoms with van der Waals surface area (Å²) in [7, 11) is 0. The maximum absolute atomic E-state index is 12.2. The molecule has 1 aliphatic rings. The predicted molar refractivity (Wildman–Crippen MR) is 103 cm³/mol. The highest BCUT2D eigenvalue weighted by Crippen LogP contribution is 2.24. The Kier molecular flexibility index (Phi) is 6.04. The van der Waals surface area contributed by atoms with Crippen molar-refractivity contribution < 1.29 is 9.59 Å². The zero-order valence-electron chi connectivity index (χ0n) is 15.2. The summed E-state index contributed by atoms with van der Waals surface area (Å²) in [5.41, 5.74) is 1.56. The summed E-state index contributed by atoms with van der Waals surface area (Å²) in [5.74, 6) is -0.0716. The molecule has 26 heavy (non-hydrogen) atoms. The van der Waals surface area contributed by atoms with Crippen molar-refractivity contribution in [2.24, 2.45) is 0 Å². The SMILES string of the molecule is CC(=O)N(CCNC(=O)NC1CCCCC1)c1cccc2cccnc12. The number of fused-ring (bicyclic) bond motifs is 1. The van der Waals surface area contributed by atoms with Gasteiger partial charge in [0, 0.05) is 37.6 Å². The third-order valence-electron chi connectivity index (χ3n) is 4.84. The van der Waals surface area contributed by atoms with Gasteiger partial charge in [-0.2, -0.15) is 0 Å². The Hall–Kier alpha value is -2.63. The third-order valence-corrected chi connectivity index (χ3v) is 4.84. The molecule has 1 aromatic heterocycles. The Morgan fingerprint density at radius 3 is 2.69 bits per heavy atom. The normalized spacial score (nSPS) is 14.8. The number of urea groups is 1. The minimum absolute atomic E-state index is 0.0716. The minimum Gasteiger partial charge on any atom is -0.336 e. The standard InChI is InChI=1S/C20H26N4O2/c1-15(25)24(18-11-5-7-16-8-6-12-21-19(16)18)14-13-22-20(26)23-17-9-3-2-4-10-17/h5-8,11-12,17H,2-4,9-10,13-14H2,1H3,(H2,22,23,26). The monoisotopic (exact) mass is 354 g/mol. The highest BCUT2D eigenvalue weighted by atomic mass is 16.2. The van der Waals surface area contributed by atoms with Crippen LogP contribution in [0.4, 0.5) is 10.5 Å². The van der Waals surface area contributed by atoms with Gasteiger partial charge in [-0.1, -0.05) is 37.5 Å². The number of anilines is 1. The van der Waals surface area contributed by atoms with Crippen LogP contribution >= 0.6 is 0 Å². The van der Waals surface area contributed by atoms with Crippen LogP contribution in [0.1, 0.15) is 39.0 Å². The van der Waals surface area contributed by atoms with Gasteiger partial charge >= 0.3 is 6.03 Å². The molecule has 6 heteroatoms. The molecule has 2 aromatic rings. The zero-order chi connectivity index (χ0) is 18.4. The summed E-state index contributed by atoms with van der Waals surface area (Å²) in [6.07, 6.45) is 7.43. The fourth-order valence-electron chi connectivity index (χ4n) is 3.52. The Bertz CT molecular complexity index is 766. The Morgan fingerprint density at radius 2 is 1.92 bits per heavy atom. The number of rotatable bonds is 5. The van der Waals surface area contributed by atoms with Crippen LogP contribution in [0.5, 0.6) is 0 Å². The van der Waals surface area contributed by atoms with Gasteiger partial charge in [0.05, 0.1) is 11.2 Å². The lowest BCUT2D eigenvalue weighted by atomic mass is 9.96. The van der Waals surface area contributed by atoms with Gasteiger partial charge in [-0.3, -0.25) is 9.78 Å². The molecule has 2 N–H and O–H groups in total. The second-order valence-corrected chi connectivity index (χ2v) is 6.76. The lowest BCUT2D eigenvalue weighted by Crippen LogP contribution is -2.45. The van der Waals surface area contributed by atoms with Crippen molar-refractivity contribution in [1.29, 1.82) is 0 Å². The number of aromatic nitrogens is 1. The molecule has 3 rings (SSSR count). The first-order chi connectivity index (χ1) is 12.6. The molecule has 1 saturated carbocycles. The van der Waals surface area contributed by atoms with E-state index < -0.39 is 0 Å². The van der Waals surface area contributed by atoms with Gasteiger partial charge < -0.3 is 15.5 Å². The molecular weight excluding hydrogens is 328 g/mol. The first-order valence-corrected chi connectivity index (χ1v) is 9.31. The van der Waals surface area contributed by atoms with E-state index in [-0.39, 0.29) is 18.0 Å². The molecule has 1 fully saturated rings. The van der Waals surface area contributed by atoms with E-state index in [1.807, 2.05) is 30.3 Å². The Labute approximate surface area is 154 Å². The summed E-state index contributed by atoms with van der Waals surface area (Å²) in [6, 6.07) is 9.74. The molecular formula is C20H26N4O2. The summed E-state index contributed by atoms with van der Waals surface area (Å²) in [5, 5.41) is 6.88. The van der Waals surface area contributed by atoms with Crippen molar-refractivity contribution in [3.63, 3.8) is 0 Å². The highest BCUT2D eigenvalue weighted by molar-refractivity contribution is 6.01. The van der Waals surface area contributed by atoms with Gasteiger partial charge in [0.2, 0.25) is 5.91 Å². The van der Waals surface area contributed by atoms with E-state index in [9.17, 15) is 9.59 Å². The number of amides is 3. The molecule has 0 spiro atoms. The number of hydrogen-bond acceptors (Lipinski definition) is 3. The minimum atomic E-state index is -0.156. The number of pyridine rings is 1. The fourth-order valence-corrected chi connectivity index (χ4v) is 3.52. The summed E-state index contributed by atoms with van der Waals surface area (Å²) >= 11 is 0. The number of carbonyl (C=O) groups excluding carboxylic acids is 2. The maximum Gasteiger partial charge on any atom is 0.315 e. The van der Waals surface area contributed by atoms with E-state index >= 15 is 0 Å². The van der Waals surface area contributed by atoms with Gasteiger partial charge in [0.15, 0.2) is 0 Å². The number of nitrogens with zero attached hydrogens (tertiary/aromatic N) is 2. The largest absolute Gasteiger partial charge is 0.336 e. The van der Waals surface area contributed by atoms with Crippen molar-refractivity contribution in [2.45, 2.75) is 45.1 Å². The van der Waals surface area contributed by atoms with E-state index in [2.05, 4.69) is 15.6 Å². The summed E-state index contributed by atoms with van der Waals surface area (Å²) < 4.78 is 0. The lowest BCUT2D eigenvalue weighted by Gasteiger charge is -2.24. The number of para-hydroxylation sites is 1. The molecule has 0 bridgehead atoms. The molecule has 6 nitrogen and oxygen atoms in total. The van der Waals surface area contributed by atoms with E-state index in [1.165, 1.54) is 26.2 Å². The number of nitrogens with one attached hydrogen (secondary N) is 2.